The summed E-state index contributed by atoms with van der Waals surface area (Å²) in [5, 5.41) is 10.5. The molecule has 168 valence electrons. The van der Waals surface area contributed by atoms with Crippen molar-refractivity contribution in [3.05, 3.63) is 88.3 Å². The average molecular weight is 463 g/mol. The Hall–Kier alpha value is -3.84. The molecule has 0 aliphatic heterocycles. The lowest BCUT2D eigenvalue weighted by Gasteiger charge is -2.13. The molecule has 0 saturated carbocycles. The summed E-state index contributed by atoms with van der Waals surface area (Å²) in [4.78, 5) is 25.3. The lowest BCUT2D eigenvalue weighted by Crippen LogP contribution is -2.33. The van der Waals surface area contributed by atoms with Gasteiger partial charge in [-0.3, -0.25) is 9.59 Å². The van der Waals surface area contributed by atoms with Crippen molar-refractivity contribution in [2.24, 2.45) is 0 Å². The first-order chi connectivity index (χ1) is 15.8. The maximum atomic E-state index is 12.8. The first kappa shape index (κ1) is 22.4. The van der Waals surface area contributed by atoms with E-state index in [0.29, 0.717) is 22.2 Å². The van der Waals surface area contributed by atoms with Crippen molar-refractivity contribution >= 4 is 29.1 Å². The second kappa shape index (κ2) is 9.34. The molecule has 2 aromatic heterocycles. The Morgan fingerprint density at radius 1 is 1.03 bits per heavy atom. The molecule has 2 heterocycles. The summed E-state index contributed by atoms with van der Waals surface area (Å²) in [6.45, 7) is 5.69. The van der Waals surface area contributed by atoms with Crippen LogP contribution < -0.4 is 10.6 Å². The molecule has 4 aromatic rings. The zero-order chi connectivity index (χ0) is 23.5. The number of anilines is 1. The van der Waals surface area contributed by atoms with Gasteiger partial charge in [0.1, 0.15) is 5.69 Å². The third kappa shape index (κ3) is 4.99. The number of aromatic nitrogens is 2. The van der Waals surface area contributed by atoms with Crippen LogP contribution in [0.15, 0.2) is 65.3 Å². The highest BCUT2D eigenvalue weighted by Gasteiger charge is 2.19. The van der Waals surface area contributed by atoms with E-state index in [2.05, 4.69) is 15.7 Å². The van der Waals surface area contributed by atoms with Crippen LogP contribution in [0.2, 0.25) is 5.02 Å². The van der Waals surface area contributed by atoms with E-state index >= 15 is 0 Å². The first-order valence-corrected chi connectivity index (χ1v) is 10.8. The fourth-order valence-electron chi connectivity index (χ4n) is 3.71. The van der Waals surface area contributed by atoms with Crippen molar-refractivity contribution in [3.63, 3.8) is 0 Å². The molecule has 33 heavy (non-hydrogen) atoms. The fourth-order valence-corrected chi connectivity index (χ4v) is 3.89. The number of hydrogen-bond donors (Lipinski definition) is 2. The smallest absolute Gasteiger partial charge is 0.272 e. The molecule has 7 nitrogen and oxygen atoms in total. The van der Waals surface area contributed by atoms with E-state index in [1.165, 1.54) is 0 Å². The van der Waals surface area contributed by atoms with E-state index in [9.17, 15) is 9.59 Å². The quantitative estimate of drug-likeness (QED) is 0.418. The van der Waals surface area contributed by atoms with Crippen molar-refractivity contribution in [1.82, 2.24) is 15.1 Å². The van der Waals surface area contributed by atoms with Crippen LogP contribution in [0, 0.1) is 20.8 Å². The maximum absolute atomic E-state index is 12.8. The highest BCUT2D eigenvalue weighted by atomic mass is 35.5. The van der Waals surface area contributed by atoms with Crippen LogP contribution in [0.25, 0.3) is 17.1 Å². The zero-order valence-corrected chi connectivity index (χ0v) is 19.2. The van der Waals surface area contributed by atoms with Gasteiger partial charge < -0.3 is 15.1 Å². The predicted molar refractivity (Wildman–Crippen MR) is 128 cm³/mol. The molecule has 2 N–H and O–H groups in total. The Labute approximate surface area is 196 Å². The second-order valence-electron chi connectivity index (χ2n) is 7.79. The van der Waals surface area contributed by atoms with Crippen molar-refractivity contribution in [3.8, 4) is 17.1 Å². The van der Waals surface area contributed by atoms with Gasteiger partial charge in [0.15, 0.2) is 11.5 Å². The van der Waals surface area contributed by atoms with Crippen LogP contribution in [-0.4, -0.2) is 28.1 Å². The van der Waals surface area contributed by atoms with Crippen LogP contribution in [-0.2, 0) is 4.79 Å². The molecular weight excluding hydrogens is 440 g/mol. The first-order valence-electron chi connectivity index (χ1n) is 10.4. The SMILES string of the molecule is Cc1cc(C)c(NC(=O)CNC(=O)c2cc(-c3ccco3)n(-c3cccc(Cl)c3)n2)c(C)c1. The summed E-state index contributed by atoms with van der Waals surface area (Å²) in [6.07, 6.45) is 1.55. The molecule has 0 bridgehead atoms. The summed E-state index contributed by atoms with van der Waals surface area (Å²) in [6, 6.07) is 16.3. The molecule has 0 saturated heterocycles. The summed E-state index contributed by atoms with van der Waals surface area (Å²) in [5.74, 6) is -0.250. The zero-order valence-electron chi connectivity index (χ0n) is 18.5. The van der Waals surface area contributed by atoms with Crippen molar-refractivity contribution in [2.75, 3.05) is 11.9 Å². The van der Waals surface area contributed by atoms with Crippen molar-refractivity contribution < 1.29 is 14.0 Å². The van der Waals surface area contributed by atoms with Gasteiger partial charge in [-0.1, -0.05) is 35.4 Å². The van der Waals surface area contributed by atoms with Crippen LogP contribution in [0.4, 0.5) is 5.69 Å². The van der Waals surface area contributed by atoms with Gasteiger partial charge in [0.25, 0.3) is 5.91 Å². The number of nitrogens with one attached hydrogen (secondary N) is 2. The Bertz CT molecular complexity index is 1300. The van der Waals surface area contributed by atoms with Gasteiger partial charge in [-0.05, 0) is 62.2 Å². The van der Waals surface area contributed by atoms with Crippen molar-refractivity contribution in [1.29, 1.82) is 0 Å². The van der Waals surface area contributed by atoms with Gasteiger partial charge in [0.05, 0.1) is 18.5 Å². The molecule has 2 aromatic carbocycles. The Morgan fingerprint density at radius 3 is 2.45 bits per heavy atom. The predicted octanol–water partition coefficient (Wildman–Crippen LogP) is 5.08. The second-order valence-corrected chi connectivity index (χ2v) is 8.22. The van der Waals surface area contributed by atoms with Gasteiger partial charge in [-0.2, -0.15) is 5.10 Å². The van der Waals surface area contributed by atoms with Crippen LogP contribution >= 0.6 is 11.6 Å². The highest BCUT2D eigenvalue weighted by molar-refractivity contribution is 6.30. The number of furan rings is 1. The molecule has 0 atom stereocenters. The summed E-state index contributed by atoms with van der Waals surface area (Å²) < 4.78 is 7.09. The molecule has 0 spiro atoms. The molecular formula is C25H23ClN4O3. The monoisotopic (exact) mass is 462 g/mol. The van der Waals surface area contributed by atoms with Crippen molar-refractivity contribution in [2.45, 2.75) is 20.8 Å². The van der Waals surface area contributed by atoms with Gasteiger partial charge in [0, 0.05) is 16.8 Å². The Kier molecular flexibility index (Phi) is 6.33. The van der Waals surface area contributed by atoms with Crippen LogP contribution in [0.5, 0.6) is 0 Å². The van der Waals surface area contributed by atoms with Crippen LogP contribution in [0.3, 0.4) is 0 Å². The van der Waals surface area contributed by atoms with E-state index in [1.54, 1.807) is 47.3 Å². The van der Waals surface area contributed by atoms with Crippen LogP contribution in [0.1, 0.15) is 27.2 Å². The molecule has 0 fully saturated rings. The average Bonchev–Trinajstić information content (AvgIpc) is 3.44. The third-order valence-electron chi connectivity index (χ3n) is 5.12. The van der Waals surface area contributed by atoms with Gasteiger partial charge >= 0.3 is 0 Å². The van der Waals surface area contributed by atoms with E-state index in [-0.39, 0.29) is 18.1 Å². The van der Waals surface area contributed by atoms with Gasteiger partial charge in [-0.15, -0.1) is 0 Å². The molecule has 0 radical (unpaired) electrons. The highest BCUT2D eigenvalue weighted by Crippen LogP contribution is 2.26. The van der Waals surface area contributed by atoms with E-state index in [0.717, 1.165) is 22.4 Å². The number of benzene rings is 2. The number of nitrogens with zero attached hydrogens (tertiary/aromatic N) is 2. The minimum Gasteiger partial charge on any atom is -0.463 e. The minimum absolute atomic E-state index is 0.150. The fraction of sp³-hybridized carbons (Fsp3) is 0.160. The largest absolute Gasteiger partial charge is 0.463 e. The summed E-state index contributed by atoms with van der Waals surface area (Å²) in [7, 11) is 0. The lowest BCUT2D eigenvalue weighted by atomic mass is 10.1. The third-order valence-corrected chi connectivity index (χ3v) is 5.35. The number of carbonyl (C=O) groups excluding carboxylic acids is 2. The molecule has 0 aliphatic carbocycles. The standard InChI is InChI=1S/C25H23ClN4O3/c1-15-10-16(2)24(17(3)11-15)28-23(31)14-27-25(32)20-13-21(22-8-5-9-33-22)30(29-20)19-7-4-6-18(26)12-19/h4-13H,14H2,1-3H3,(H,27,32)(H,28,31). The van der Waals surface area contributed by atoms with E-state index in [1.807, 2.05) is 39.0 Å². The number of halogens is 1. The number of carbonyl (C=O) groups is 2. The minimum atomic E-state index is -0.476. The Balaban J connectivity index is 1.52. The summed E-state index contributed by atoms with van der Waals surface area (Å²) in [5.41, 5.74) is 5.23. The maximum Gasteiger partial charge on any atom is 0.272 e. The molecule has 0 unspecified atom stereocenters. The van der Waals surface area contributed by atoms with Gasteiger partial charge in [-0.25, -0.2) is 4.68 Å². The number of aryl methyl sites for hydroxylation is 3. The number of rotatable bonds is 6. The number of hydrogen-bond acceptors (Lipinski definition) is 4. The molecule has 4 rings (SSSR count). The van der Waals surface area contributed by atoms with E-state index < -0.39 is 5.91 Å². The molecule has 8 heteroatoms. The molecule has 0 aliphatic rings. The number of amides is 2. The van der Waals surface area contributed by atoms with Gasteiger partial charge in [0.2, 0.25) is 5.91 Å². The summed E-state index contributed by atoms with van der Waals surface area (Å²) >= 11 is 6.13. The van der Waals surface area contributed by atoms with E-state index in [4.69, 9.17) is 16.0 Å². The lowest BCUT2D eigenvalue weighted by molar-refractivity contribution is -0.115. The topological polar surface area (TPSA) is 89.2 Å². The molecule has 2 amide bonds. The normalized spacial score (nSPS) is 10.8. The Morgan fingerprint density at radius 2 is 1.79 bits per heavy atom.